The van der Waals surface area contributed by atoms with Crippen molar-refractivity contribution in [2.75, 3.05) is 5.32 Å². The van der Waals surface area contributed by atoms with E-state index in [0.29, 0.717) is 32.2 Å². The molecule has 1 amide bonds. The number of nitrogens with one attached hydrogen (secondary N) is 2. The number of alkyl halides is 3. The maximum Gasteiger partial charge on any atom is 0.416 e. The van der Waals surface area contributed by atoms with Crippen LogP contribution in [0.25, 0.3) is 0 Å². The van der Waals surface area contributed by atoms with Gasteiger partial charge in [-0.05, 0) is 48.5 Å². The molecule has 13 heteroatoms. The maximum atomic E-state index is 12.9. The van der Waals surface area contributed by atoms with Crippen molar-refractivity contribution in [2.45, 2.75) is 19.2 Å². The molecule has 0 bridgehead atoms. The number of benzene rings is 3. The molecule has 3 aromatic carbocycles. The summed E-state index contributed by atoms with van der Waals surface area (Å²) in [5, 5.41) is 9.85. The number of ether oxygens (including phenoxy) is 1. The fraction of sp³-hybridized carbons (Fsp3) is 0.115. The van der Waals surface area contributed by atoms with Gasteiger partial charge in [-0.3, -0.25) is 4.79 Å². The molecule has 6 nitrogen and oxygen atoms in total. The van der Waals surface area contributed by atoms with Gasteiger partial charge in [0.15, 0.2) is 5.13 Å². The van der Waals surface area contributed by atoms with Crippen LogP contribution in [-0.2, 0) is 24.0 Å². The standard InChI is InChI=1S/C26H18BrCl2F3N4O2S/c27-18-5-7-23(38-13-15-4-6-19(28)10-22(15)29)16(8-18)12-33-36-24(37)11-21-14-39-25(35-21)34-20-3-1-2-17(9-20)26(30,31)32/h1-10,12,14H,11,13H2,(H,34,35)(H,36,37)/b33-12-. The van der Waals surface area contributed by atoms with Gasteiger partial charge in [0.25, 0.3) is 0 Å². The van der Waals surface area contributed by atoms with E-state index in [1.54, 1.807) is 35.7 Å². The molecule has 0 radical (unpaired) electrons. The molecule has 0 aliphatic rings. The third-order valence-corrected chi connectivity index (χ3v) is 6.98. The van der Waals surface area contributed by atoms with Crippen molar-refractivity contribution in [3.63, 3.8) is 0 Å². The number of carbonyl (C=O) groups excluding carboxylic acids is 1. The Balaban J connectivity index is 1.34. The Hall–Kier alpha value is -3.12. The summed E-state index contributed by atoms with van der Waals surface area (Å²) in [5.41, 5.74) is 3.71. The van der Waals surface area contributed by atoms with E-state index in [4.69, 9.17) is 27.9 Å². The summed E-state index contributed by atoms with van der Waals surface area (Å²) in [6, 6.07) is 15.3. The number of rotatable bonds is 9. The lowest BCUT2D eigenvalue weighted by atomic mass is 10.2. The third-order valence-electron chi connectivity index (χ3n) is 5.10. The van der Waals surface area contributed by atoms with Gasteiger partial charge < -0.3 is 10.1 Å². The van der Waals surface area contributed by atoms with Crippen LogP contribution in [0.2, 0.25) is 10.0 Å². The number of anilines is 2. The first-order valence-corrected chi connectivity index (χ1v) is 13.6. The number of halogens is 6. The topological polar surface area (TPSA) is 75.6 Å². The number of hydrogen-bond donors (Lipinski definition) is 2. The second-order valence-corrected chi connectivity index (χ2v) is 10.6. The van der Waals surface area contributed by atoms with Gasteiger partial charge in [0.1, 0.15) is 12.4 Å². The second kappa shape index (κ2) is 12.8. The van der Waals surface area contributed by atoms with Gasteiger partial charge in [-0.1, -0.05) is 51.3 Å². The van der Waals surface area contributed by atoms with E-state index in [0.717, 1.165) is 22.2 Å². The van der Waals surface area contributed by atoms with Crippen LogP contribution in [-0.4, -0.2) is 17.1 Å². The number of thiazole rings is 1. The summed E-state index contributed by atoms with van der Waals surface area (Å²) in [6.07, 6.45) is -3.07. The van der Waals surface area contributed by atoms with Crippen LogP contribution in [0.4, 0.5) is 24.0 Å². The zero-order chi connectivity index (χ0) is 28.0. The van der Waals surface area contributed by atoms with Crippen molar-refractivity contribution in [3.05, 3.63) is 103 Å². The summed E-state index contributed by atoms with van der Waals surface area (Å²) in [7, 11) is 0. The van der Waals surface area contributed by atoms with Crippen LogP contribution in [0.3, 0.4) is 0 Å². The zero-order valence-corrected chi connectivity index (χ0v) is 23.6. The molecule has 0 fully saturated rings. The number of carbonyl (C=O) groups is 1. The van der Waals surface area contributed by atoms with Crippen LogP contribution >= 0.6 is 50.5 Å². The lowest BCUT2D eigenvalue weighted by Gasteiger charge is -2.11. The minimum Gasteiger partial charge on any atom is -0.488 e. The molecule has 0 saturated heterocycles. The second-order valence-electron chi connectivity index (χ2n) is 8.02. The number of hydrogen-bond acceptors (Lipinski definition) is 6. The summed E-state index contributed by atoms with van der Waals surface area (Å²) in [6.45, 7) is 0.200. The van der Waals surface area contributed by atoms with Gasteiger partial charge in [0.05, 0.1) is 23.9 Å². The SMILES string of the molecule is O=C(Cc1csc(Nc2cccc(C(F)(F)F)c2)n1)N/N=C\c1cc(Br)ccc1OCc1ccc(Cl)cc1Cl. The van der Waals surface area contributed by atoms with Gasteiger partial charge in [-0.25, -0.2) is 10.4 Å². The van der Waals surface area contributed by atoms with E-state index in [1.807, 2.05) is 6.07 Å². The van der Waals surface area contributed by atoms with E-state index in [1.165, 1.54) is 29.7 Å². The quantitative estimate of drug-likeness (QED) is 0.140. The van der Waals surface area contributed by atoms with Gasteiger partial charge in [0, 0.05) is 36.7 Å². The molecule has 1 aromatic heterocycles. The van der Waals surface area contributed by atoms with E-state index >= 15 is 0 Å². The molecule has 2 N–H and O–H groups in total. The molecule has 0 unspecified atom stereocenters. The molecule has 4 rings (SSSR count). The highest BCUT2D eigenvalue weighted by Gasteiger charge is 2.30. The Kier molecular flexibility index (Phi) is 9.49. The minimum absolute atomic E-state index is 0.0744. The predicted octanol–water partition coefficient (Wildman–Crippen LogP) is 8.25. The molecular formula is C26H18BrCl2F3N4O2S. The molecule has 4 aromatic rings. The Labute approximate surface area is 243 Å². The smallest absolute Gasteiger partial charge is 0.416 e. The average molecular weight is 658 g/mol. The lowest BCUT2D eigenvalue weighted by molar-refractivity contribution is -0.137. The first-order chi connectivity index (χ1) is 18.6. The van der Waals surface area contributed by atoms with E-state index in [2.05, 4.69) is 36.8 Å². The number of amides is 1. The molecule has 202 valence electrons. The molecule has 39 heavy (non-hydrogen) atoms. The number of aromatic nitrogens is 1. The van der Waals surface area contributed by atoms with Crippen molar-refractivity contribution < 1.29 is 22.7 Å². The van der Waals surface area contributed by atoms with Crippen LogP contribution in [0.15, 0.2) is 75.6 Å². The fourth-order valence-corrected chi connectivity index (χ4v) is 4.84. The predicted molar refractivity (Wildman–Crippen MR) is 151 cm³/mol. The molecule has 0 spiro atoms. The Morgan fingerprint density at radius 2 is 1.95 bits per heavy atom. The van der Waals surface area contributed by atoms with Gasteiger partial charge in [-0.15, -0.1) is 11.3 Å². The highest BCUT2D eigenvalue weighted by atomic mass is 79.9. The van der Waals surface area contributed by atoms with Gasteiger partial charge >= 0.3 is 6.18 Å². The first-order valence-electron chi connectivity index (χ1n) is 11.1. The van der Waals surface area contributed by atoms with Crippen molar-refractivity contribution in [1.29, 1.82) is 0 Å². The van der Waals surface area contributed by atoms with Crippen LogP contribution in [0, 0.1) is 0 Å². The molecule has 0 atom stereocenters. The van der Waals surface area contributed by atoms with Crippen LogP contribution < -0.4 is 15.5 Å². The Bertz CT molecular complexity index is 1510. The number of hydrazone groups is 1. The maximum absolute atomic E-state index is 12.9. The van der Waals surface area contributed by atoms with Crippen molar-refractivity contribution in [1.82, 2.24) is 10.4 Å². The highest BCUT2D eigenvalue weighted by molar-refractivity contribution is 9.10. The van der Waals surface area contributed by atoms with E-state index in [-0.39, 0.29) is 18.7 Å². The molecule has 0 aliphatic carbocycles. The molecular weight excluding hydrogens is 640 g/mol. The average Bonchev–Trinajstić information content (AvgIpc) is 3.30. The summed E-state index contributed by atoms with van der Waals surface area (Å²) < 4.78 is 45.5. The van der Waals surface area contributed by atoms with E-state index < -0.39 is 17.6 Å². The van der Waals surface area contributed by atoms with Crippen molar-refractivity contribution in [3.8, 4) is 5.75 Å². The van der Waals surface area contributed by atoms with Crippen molar-refractivity contribution >= 4 is 73.4 Å². The van der Waals surface area contributed by atoms with Gasteiger partial charge in [0.2, 0.25) is 5.91 Å². The van der Waals surface area contributed by atoms with E-state index in [9.17, 15) is 18.0 Å². The molecule has 1 heterocycles. The summed E-state index contributed by atoms with van der Waals surface area (Å²) in [4.78, 5) is 16.6. The fourth-order valence-electron chi connectivity index (χ4n) is 3.27. The number of nitrogens with zero attached hydrogens (tertiary/aromatic N) is 2. The molecule has 0 saturated carbocycles. The van der Waals surface area contributed by atoms with Crippen LogP contribution in [0.5, 0.6) is 5.75 Å². The minimum atomic E-state index is -4.45. The monoisotopic (exact) mass is 656 g/mol. The Morgan fingerprint density at radius 1 is 1.13 bits per heavy atom. The van der Waals surface area contributed by atoms with Gasteiger partial charge in [-0.2, -0.15) is 18.3 Å². The zero-order valence-electron chi connectivity index (χ0n) is 19.7. The first kappa shape index (κ1) is 28.9. The summed E-state index contributed by atoms with van der Waals surface area (Å²) in [5.74, 6) is 0.0969. The summed E-state index contributed by atoms with van der Waals surface area (Å²) >= 11 is 16.7. The largest absolute Gasteiger partial charge is 0.488 e. The third kappa shape index (κ3) is 8.43. The molecule has 0 aliphatic heterocycles. The lowest BCUT2D eigenvalue weighted by Crippen LogP contribution is -2.20. The normalized spacial score (nSPS) is 11.5. The van der Waals surface area contributed by atoms with Crippen LogP contribution in [0.1, 0.15) is 22.4 Å². The Morgan fingerprint density at radius 3 is 2.72 bits per heavy atom. The van der Waals surface area contributed by atoms with Crippen molar-refractivity contribution in [2.24, 2.45) is 5.10 Å². The highest BCUT2D eigenvalue weighted by Crippen LogP contribution is 2.32.